The molecule has 1 N–H and O–H groups in total. The minimum absolute atomic E-state index is 0.0828. The van der Waals surface area contributed by atoms with Gasteiger partial charge in [-0.15, -0.1) is 0 Å². The lowest BCUT2D eigenvalue weighted by Gasteiger charge is -2.21. The van der Waals surface area contributed by atoms with Crippen molar-refractivity contribution in [1.82, 2.24) is 9.88 Å². The third kappa shape index (κ3) is 5.82. The van der Waals surface area contributed by atoms with Crippen LogP contribution in [-0.2, 0) is 20.9 Å². The van der Waals surface area contributed by atoms with Gasteiger partial charge < -0.3 is 14.6 Å². The molecule has 0 unspecified atom stereocenters. The van der Waals surface area contributed by atoms with E-state index in [0.29, 0.717) is 12.5 Å². The van der Waals surface area contributed by atoms with E-state index in [0.717, 1.165) is 29.9 Å². The summed E-state index contributed by atoms with van der Waals surface area (Å²) in [6, 6.07) is 0. The molecule has 1 aliphatic carbocycles. The number of esters is 1. The standard InChI is InChI=1S/C16H24N2O4S/c1-12-11-23-16(21)18(12)8-7-15(20)22-10-14(19)17-9-13-5-3-2-4-6-13/h11,13H,2-10H2,1H3,(H,17,19). The number of hydrogen-bond donors (Lipinski definition) is 1. The van der Waals surface area contributed by atoms with E-state index in [9.17, 15) is 14.4 Å². The van der Waals surface area contributed by atoms with Gasteiger partial charge in [-0.1, -0.05) is 30.6 Å². The average Bonchev–Trinajstić information content (AvgIpc) is 2.88. The normalized spacial score (nSPS) is 15.3. The van der Waals surface area contributed by atoms with E-state index < -0.39 is 5.97 Å². The van der Waals surface area contributed by atoms with Gasteiger partial charge in [0.25, 0.3) is 5.91 Å². The maximum atomic E-state index is 11.7. The molecule has 1 heterocycles. The van der Waals surface area contributed by atoms with E-state index in [1.807, 2.05) is 6.92 Å². The summed E-state index contributed by atoms with van der Waals surface area (Å²) < 4.78 is 6.50. The molecule has 0 radical (unpaired) electrons. The molecule has 6 nitrogen and oxygen atoms in total. The molecule has 128 valence electrons. The first-order valence-corrected chi connectivity index (χ1v) is 9.01. The van der Waals surface area contributed by atoms with Crippen molar-refractivity contribution in [1.29, 1.82) is 0 Å². The van der Waals surface area contributed by atoms with Crippen LogP contribution in [0.15, 0.2) is 10.2 Å². The second-order valence-electron chi connectivity index (χ2n) is 6.01. The first-order chi connectivity index (χ1) is 11.1. The van der Waals surface area contributed by atoms with Gasteiger partial charge in [-0.3, -0.25) is 14.4 Å². The van der Waals surface area contributed by atoms with Gasteiger partial charge in [0.15, 0.2) is 6.61 Å². The minimum atomic E-state index is -0.463. The molecule has 0 aliphatic heterocycles. The van der Waals surface area contributed by atoms with Gasteiger partial charge in [0.1, 0.15) is 0 Å². The molecule has 1 amide bonds. The molecule has 7 heteroatoms. The minimum Gasteiger partial charge on any atom is -0.456 e. The number of ether oxygens (including phenoxy) is 1. The van der Waals surface area contributed by atoms with Crippen molar-refractivity contribution in [2.45, 2.75) is 52.0 Å². The summed E-state index contributed by atoms with van der Waals surface area (Å²) in [5, 5.41) is 4.58. The van der Waals surface area contributed by atoms with Crippen LogP contribution in [0.3, 0.4) is 0 Å². The molecule has 1 fully saturated rings. The zero-order chi connectivity index (χ0) is 16.7. The Kier molecular flexibility index (Phi) is 6.83. The molecule has 1 aromatic heterocycles. The Morgan fingerprint density at radius 2 is 2.09 bits per heavy atom. The fourth-order valence-electron chi connectivity index (χ4n) is 2.80. The maximum absolute atomic E-state index is 11.7. The van der Waals surface area contributed by atoms with Crippen LogP contribution in [0.2, 0.25) is 0 Å². The number of carbonyl (C=O) groups is 2. The summed E-state index contributed by atoms with van der Waals surface area (Å²) in [4.78, 5) is 34.8. The third-order valence-corrected chi connectivity index (χ3v) is 5.07. The first kappa shape index (κ1) is 17.7. The molecule has 0 saturated heterocycles. The Bertz CT molecular complexity index is 587. The quantitative estimate of drug-likeness (QED) is 0.769. The number of rotatable bonds is 7. The third-order valence-electron chi connectivity index (χ3n) is 4.19. The van der Waals surface area contributed by atoms with Crippen LogP contribution < -0.4 is 10.2 Å². The number of hydrogen-bond acceptors (Lipinski definition) is 5. The summed E-state index contributed by atoms with van der Waals surface area (Å²) in [5.41, 5.74) is 0.832. The van der Waals surface area contributed by atoms with Crippen LogP contribution in [0.4, 0.5) is 0 Å². The molecule has 1 saturated carbocycles. The second-order valence-corrected chi connectivity index (χ2v) is 6.83. The molecule has 0 bridgehead atoms. The second kappa shape index (κ2) is 8.86. The molecular formula is C16H24N2O4S. The maximum Gasteiger partial charge on any atom is 0.308 e. The highest BCUT2D eigenvalue weighted by Gasteiger charge is 2.15. The van der Waals surface area contributed by atoms with E-state index in [2.05, 4.69) is 5.32 Å². The first-order valence-electron chi connectivity index (χ1n) is 8.13. The van der Waals surface area contributed by atoms with Crippen molar-refractivity contribution < 1.29 is 14.3 Å². The fourth-order valence-corrected chi connectivity index (χ4v) is 3.56. The molecule has 1 aromatic rings. The Hall–Kier alpha value is -1.63. The van der Waals surface area contributed by atoms with Crippen molar-refractivity contribution >= 4 is 23.2 Å². The van der Waals surface area contributed by atoms with Gasteiger partial charge in [0.2, 0.25) is 0 Å². The predicted octanol–water partition coefficient (Wildman–Crippen LogP) is 1.85. The summed E-state index contributed by atoms with van der Waals surface area (Å²) >= 11 is 1.11. The number of nitrogens with zero attached hydrogens (tertiary/aromatic N) is 1. The Morgan fingerprint density at radius 3 is 2.74 bits per heavy atom. The number of aromatic nitrogens is 1. The largest absolute Gasteiger partial charge is 0.456 e. The Balaban J connectivity index is 1.61. The van der Waals surface area contributed by atoms with Gasteiger partial charge in [-0.2, -0.15) is 0 Å². The van der Waals surface area contributed by atoms with Gasteiger partial charge in [0.05, 0.1) is 6.42 Å². The lowest BCUT2D eigenvalue weighted by atomic mass is 9.89. The molecular weight excluding hydrogens is 316 g/mol. The van der Waals surface area contributed by atoms with Crippen LogP contribution in [0.1, 0.15) is 44.2 Å². The van der Waals surface area contributed by atoms with Gasteiger partial charge in [-0.25, -0.2) is 0 Å². The zero-order valence-electron chi connectivity index (χ0n) is 13.5. The summed E-state index contributed by atoms with van der Waals surface area (Å²) in [5.74, 6) is -0.167. The zero-order valence-corrected chi connectivity index (χ0v) is 14.3. The molecule has 0 atom stereocenters. The SMILES string of the molecule is Cc1csc(=O)n1CCC(=O)OCC(=O)NCC1CCCCC1. The number of carbonyl (C=O) groups excluding carboxylic acids is 2. The lowest BCUT2D eigenvalue weighted by molar-refractivity contribution is -0.148. The van der Waals surface area contributed by atoms with Gasteiger partial charge >= 0.3 is 10.8 Å². The summed E-state index contributed by atoms with van der Waals surface area (Å²) in [7, 11) is 0. The molecule has 0 aromatic carbocycles. The molecule has 1 aliphatic rings. The van der Waals surface area contributed by atoms with Crippen LogP contribution in [0, 0.1) is 12.8 Å². The Morgan fingerprint density at radius 1 is 1.35 bits per heavy atom. The summed E-state index contributed by atoms with van der Waals surface area (Å²) in [6.07, 6.45) is 6.17. The van der Waals surface area contributed by atoms with E-state index in [-0.39, 0.29) is 30.4 Å². The monoisotopic (exact) mass is 340 g/mol. The highest BCUT2D eigenvalue weighted by Crippen LogP contribution is 2.22. The van der Waals surface area contributed by atoms with Crippen LogP contribution in [-0.4, -0.2) is 29.6 Å². The van der Waals surface area contributed by atoms with Crippen LogP contribution in [0.25, 0.3) is 0 Å². The van der Waals surface area contributed by atoms with E-state index >= 15 is 0 Å². The molecule has 0 spiro atoms. The smallest absolute Gasteiger partial charge is 0.308 e. The van der Waals surface area contributed by atoms with Crippen molar-refractivity contribution in [3.8, 4) is 0 Å². The number of nitrogens with one attached hydrogen (secondary N) is 1. The number of aryl methyl sites for hydroxylation is 1. The summed E-state index contributed by atoms with van der Waals surface area (Å²) in [6.45, 7) is 2.53. The van der Waals surface area contributed by atoms with Gasteiger partial charge in [0, 0.05) is 24.2 Å². The fraction of sp³-hybridized carbons (Fsp3) is 0.688. The highest BCUT2D eigenvalue weighted by molar-refractivity contribution is 7.07. The topological polar surface area (TPSA) is 77.4 Å². The van der Waals surface area contributed by atoms with E-state index in [1.165, 1.54) is 23.8 Å². The lowest BCUT2D eigenvalue weighted by Crippen LogP contribution is -2.33. The van der Waals surface area contributed by atoms with Gasteiger partial charge in [-0.05, 0) is 25.7 Å². The molecule has 23 heavy (non-hydrogen) atoms. The predicted molar refractivity (Wildman–Crippen MR) is 88.5 cm³/mol. The van der Waals surface area contributed by atoms with Crippen LogP contribution >= 0.6 is 11.3 Å². The number of thiazole rings is 1. The highest BCUT2D eigenvalue weighted by atomic mass is 32.1. The van der Waals surface area contributed by atoms with Crippen molar-refractivity contribution in [2.24, 2.45) is 5.92 Å². The van der Waals surface area contributed by atoms with Crippen LogP contribution in [0.5, 0.6) is 0 Å². The molecule has 2 rings (SSSR count). The Labute approximate surface area is 139 Å². The van der Waals surface area contributed by atoms with Crippen molar-refractivity contribution in [3.63, 3.8) is 0 Å². The number of amides is 1. The van der Waals surface area contributed by atoms with E-state index in [4.69, 9.17) is 4.74 Å². The van der Waals surface area contributed by atoms with Crippen molar-refractivity contribution in [3.05, 3.63) is 20.7 Å². The van der Waals surface area contributed by atoms with E-state index in [1.54, 1.807) is 5.38 Å². The van der Waals surface area contributed by atoms with Crippen molar-refractivity contribution in [2.75, 3.05) is 13.2 Å². The average molecular weight is 340 g/mol.